The van der Waals surface area contributed by atoms with Gasteiger partial charge >= 0.3 is 0 Å². The Labute approximate surface area is 84.8 Å². The quantitative estimate of drug-likeness (QED) is 0.742. The minimum Gasteiger partial charge on any atom is -0.484 e. The normalized spacial score (nSPS) is 15.6. The Bertz CT molecular complexity index is 266. The number of likely N-dealkylation sites (N-methyl/N-ethyl adjacent to an activating group) is 1. The van der Waals surface area contributed by atoms with Gasteiger partial charge in [0, 0.05) is 6.54 Å². The fourth-order valence-corrected chi connectivity index (χ4v) is 1.32. The van der Waals surface area contributed by atoms with Gasteiger partial charge in [0.2, 0.25) is 0 Å². The second kappa shape index (κ2) is 5.47. The van der Waals surface area contributed by atoms with Crippen molar-refractivity contribution in [3.63, 3.8) is 0 Å². The smallest absolute Gasteiger partial charge is 0.257 e. The fraction of sp³-hybridized carbons (Fsp3) is 0.545. The number of nitrogens with one attached hydrogen (secondary N) is 1. The molecule has 1 aliphatic carbocycles. The molecule has 14 heavy (non-hydrogen) atoms. The molecule has 0 heterocycles. The highest BCUT2D eigenvalue weighted by molar-refractivity contribution is 5.77. The number of hydrogen-bond donors (Lipinski definition) is 1. The molecule has 0 aliphatic heterocycles. The van der Waals surface area contributed by atoms with Gasteiger partial charge in [0.05, 0.1) is 0 Å². The van der Waals surface area contributed by atoms with Crippen molar-refractivity contribution in [2.24, 2.45) is 0 Å². The van der Waals surface area contributed by atoms with Crippen LogP contribution in [0.2, 0.25) is 0 Å². The zero-order valence-corrected chi connectivity index (χ0v) is 8.80. The first-order chi connectivity index (χ1) is 6.74. The minimum atomic E-state index is -0.0632. The number of carbonyl (C=O) groups is 1. The third-order valence-electron chi connectivity index (χ3n) is 2.11. The van der Waals surface area contributed by atoms with Crippen LogP contribution in [0.25, 0.3) is 0 Å². The molecule has 1 aliphatic rings. The molecule has 0 spiro atoms. The molecular formula is C11H17NO2. The van der Waals surface area contributed by atoms with E-state index in [0.717, 1.165) is 18.6 Å². The maximum atomic E-state index is 11.1. The van der Waals surface area contributed by atoms with Gasteiger partial charge in [-0.1, -0.05) is 6.08 Å². The van der Waals surface area contributed by atoms with Crippen LogP contribution in [0.15, 0.2) is 23.5 Å². The summed E-state index contributed by atoms with van der Waals surface area (Å²) in [6.45, 7) is 4.69. The number of carbonyl (C=O) groups excluding carboxylic acids is 1. The summed E-state index contributed by atoms with van der Waals surface area (Å²) in [5.41, 5.74) is 1.22. The van der Waals surface area contributed by atoms with Crippen LogP contribution in [0.4, 0.5) is 0 Å². The Balaban J connectivity index is 2.37. The summed E-state index contributed by atoms with van der Waals surface area (Å²) in [6, 6.07) is 0. The van der Waals surface area contributed by atoms with Crippen LogP contribution in [-0.2, 0) is 9.53 Å². The monoisotopic (exact) mass is 195 g/mol. The van der Waals surface area contributed by atoms with E-state index in [0.29, 0.717) is 6.54 Å². The molecule has 0 saturated heterocycles. The summed E-state index contributed by atoms with van der Waals surface area (Å²) >= 11 is 0. The lowest BCUT2D eigenvalue weighted by molar-refractivity contribution is -0.124. The molecule has 1 N–H and O–H groups in total. The van der Waals surface area contributed by atoms with E-state index >= 15 is 0 Å². The van der Waals surface area contributed by atoms with Gasteiger partial charge in [-0.05, 0) is 38.3 Å². The summed E-state index contributed by atoms with van der Waals surface area (Å²) in [7, 11) is 0. The van der Waals surface area contributed by atoms with Gasteiger partial charge in [-0.15, -0.1) is 0 Å². The van der Waals surface area contributed by atoms with Crippen molar-refractivity contribution in [3.8, 4) is 0 Å². The van der Waals surface area contributed by atoms with Crippen molar-refractivity contribution in [1.29, 1.82) is 0 Å². The first-order valence-corrected chi connectivity index (χ1v) is 4.99. The molecule has 0 fully saturated rings. The number of amides is 1. The Kier molecular flexibility index (Phi) is 4.23. The highest BCUT2D eigenvalue weighted by Crippen LogP contribution is 2.18. The maximum Gasteiger partial charge on any atom is 0.257 e. The lowest BCUT2D eigenvalue weighted by Crippen LogP contribution is -2.27. The molecule has 0 radical (unpaired) electrons. The van der Waals surface area contributed by atoms with E-state index < -0.39 is 0 Å². The molecule has 3 heteroatoms. The molecule has 0 atom stereocenters. The number of hydrogen-bond acceptors (Lipinski definition) is 2. The average Bonchev–Trinajstić information content (AvgIpc) is 2.17. The van der Waals surface area contributed by atoms with Gasteiger partial charge in [-0.2, -0.15) is 0 Å². The summed E-state index contributed by atoms with van der Waals surface area (Å²) in [4.78, 5) is 11.1. The van der Waals surface area contributed by atoms with Crippen molar-refractivity contribution in [1.82, 2.24) is 5.32 Å². The van der Waals surface area contributed by atoms with Crippen molar-refractivity contribution in [2.75, 3.05) is 13.2 Å². The van der Waals surface area contributed by atoms with E-state index in [4.69, 9.17) is 4.74 Å². The van der Waals surface area contributed by atoms with E-state index in [-0.39, 0.29) is 12.5 Å². The Morgan fingerprint density at radius 3 is 3.07 bits per heavy atom. The Morgan fingerprint density at radius 1 is 1.64 bits per heavy atom. The molecule has 0 aromatic heterocycles. The lowest BCUT2D eigenvalue weighted by atomic mass is 10.1. The fourth-order valence-electron chi connectivity index (χ4n) is 1.32. The first-order valence-electron chi connectivity index (χ1n) is 4.99. The highest BCUT2D eigenvalue weighted by atomic mass is 16.5. The predicted octanol–water partition coefficient (Wildman–Crippen LogP) is 1.76. The van der Waals surface area contributed by atoms with Gasteiger partial charge < -0.3 is 10.1 Å². The third-order valence-corrected chi connectivity index (χ3v) is 2.11. The summed E-state index contributed by atoms with van der Waals surface area (Å²) < 4.78 is 5.39. The Morgan fingerprint density at radius 2 is 2.43 bits per heavy atom. The van der Waals surface area contributed by atoms with Gasteiger partial charge in [0.15, 0.2) is 6.61 Å². The second-order valence-corrected chi connectivity index (χ2v) is 3.33. The zero-order valence-electron chi connectivity index (χ0n) is 8.80. The van der Waals surface area contributed by atoms with Crippen LogP contribution >= 0.6 is 0 Å². The summed E-state index contributed by atoms with van der Waals surface area (Å²) in [5.74, 6) is 0.786. The summed E-state index contributed by atoms with van der Waals surface area (Å²) in [5, 5.41) is 2.69. The molecule has 0 aromatic rings. The molecule has 0 aromatic carbocycles. The van der Waals surface area contributed by atoms with Crippen molar-refractivity contribution < 1.29 is 9.53 Å². The zero-order chi connectivity index (χ0) is 10.4. The van der Waals surface area contributed by atoms with E-state index in [1.165, 1.54) is 5.57 Å². The van der Waals surface area contributed by atoms with Crippen LogP contribution in [0.5, 0.6) is 0 Å². The van der Waals surface area contributed by atoms with Crippen molar-refractivity contribution in [2.45, 2.75) is 26.7 Å². The largest absolute Gasteiger partial charge is 0.484 e. The number of rotatable bonds is 4. The standard InChI is InChI=1S/C11H17NO2/c1-3-12-11(13)8-14-10-7-5-4-6-9(10)2/h5,7H,3-4,6,8H2,1-2H3,(H,12,13). The minimum absolute atomic E-state index is 0.0632. The average molecular weight is 195 g/mol. The van der Waals surface area contributed by atoms with Crippen LogP contribution in [0.1, 0.15) is 26.7 Å². The maximum absolute atomic E-state index is 11.1. The van der Waals surface area contributed by atoms with Gasteiger partial charge in [-0.3, -0.25) is 4.79 Å². The van der Waals surface area contributed by atoms with Gasteiger partial charge in [-0.25, -0.2) is 0 Å². The Hall–Kier alpha value is -1.25. The van der Waals surface area contributed by atoms with E-state index in [1.807, 2.05) is 19.9 Å². The molecule has 0 bridgehead atoms. The van der Waals surface area contributed by atoms with Gasteiger partial charge in [0.25, 0.3) is 5.91 Å². The topological polar surface area (TPSA) is 38.3 Å². The summed E-state index contributed by atoms with van der Waals surface area (Å²) in [6.07, 6.45) is 6.11. The highest BCUT2D eigenvalue weighted by Gasteiger charge is 2.07. The SMILES string of the molecule is CCNC(=O)COC1=C(C)CCC=C1. The number of allylic oxidation sites excluding steroid dienone is 3. The molecule has 78 valence electrons. The van der Waals surface area contributed by atoms with Crippen molar-refractivity contribution >= 4 is 5.91 Å². The number of ether oxygens (including phenoxy) is 1. The van der Waals surface area contributed by atoms with Crippen molar-refractivity contribution in [3.05, 3.63) is 23.5 Å². The van der Waals surface area contributed by atoms with Crippen LogP contribution in [0.3, 0.4) is 0 Å². The molecule has 3 nitrogen and oxygen atoms in total. The van der Waals surface area contributed by atoms with E-state index in [2.05, 4.69) is 11.4 Å². The molecular weight excluding hydrogens is 178 g/mol. The molecule has 0 saturated carbocycles. The predicted molar refractivity (Wildman–Crippen MR) is 55.7 cm³/mol. The van der Waals surface area contributed by atoms with Crippen LogP contribution in [-0.4, -0.2) is 19.1 Å². The lowest BCUT2D eigenvalue weighted by Gasteiger charge is -2.13. The van der Waals surface area contributed by atoms with E-state index in [9.17, 15) is 4.79 Å². The second-order valence-electron chi connectivity index (χ2n) is 3.33. The van der Waals surface area contributed by atoms with E-state index in [1.54, 1.807) is 0 Å². The first kappa shape index (κ1) is 10.8. The molecule has 1 rings (SSSR count). The third kappa shape index (κ3) is 3.24. The van der Waals surface area contributed by atoms with Crippen LogP contribution < -0.4 is 5.32 Å². The van der Waals surface area contributed by atoms with Gasteiger partial charge in [0.1, 0.15) is 5.76 Å². The molecule has 1 amide bonds. The molecule has 0 unspecified atom stereocenters. The van der Waals surface area contributed by atoms with Crippen LogP contribution in [0, 0.1) is 0 Å².